The van der Waals surface area contributed by atoms with E-state index in [4.69, 9.17) is 14.2 Å². The van der Waals surface area contributed by atoms with Gasteiger partial charge in [-0.2, -0.15) is 0 Å². The fraction of sp³-hybridized carbons (Fsp3) is 1.00. The van der Waals surface area contributed by atoms with Crippen molar-refractivity contribution in [3.05, 3.63) is 0 Å². The van der Waals surface area contributed by atoms with Crippen molar-refractivity contribution in [2.45, 2.75) is 31.2 Å². The maximum atomic E-state index is 5.70. The molecule has 2 saturated heterocycles. The quantitative estimate of drug-likeness (QED) is 0.644. The molecule has 4 nitrogen and oxygen atoms in total. The first-order valence-corrected chi connectivity index (χ1v) is 6.37. The molecule has 3 fully saturated rings. The summed E-state index contributed by atoms with van der Waals surface area (Å²) in [6, 6.07) is 0. The standard InChI is InChI=1S/C12H21NO3/c1-13-4-3-8-5-10-12(16-7-15-10)11(14-2)9(8)6-13/h8-12H,3-7H2,1-2H3/p+1. The molecule has 2 aliphatic heterocycles. The van der Waals surface area contributed by atoms with E-state index in [9.17, 15) is 0 Å². The summed E-state index contributed by atoms with van der Waals surface area (Å²) in [5.74, 6) is 1.43. The summed E-state index contributed by atoms with van der Waals surface area (Å²) >= 11 is 0. The van der Waals surface area contributed by atoms with Crippen molar-refractivity contribution in [2.24, 2.45) is 11.8 Å². The second kappa shape index (κ2) is 4.26. The number of quaternary nitrogens is 1. The van der Waals surface area contributed by atoms with Crippen molar-refractivity contribution in [2.75, 3.05) is 34.0 Å². The van der Waals surface area contributed by atoms with Gasteiger partial charge in [0.1, 0.15) is 12.9 Å². The number of piperidine rings is 1. The van der Waals surface area contributed by atoms with E-state index in [0.29, 0.717) is 12.7 Å². The second-order valence-corrected chi connectivity index (χ2v) is 5.51. The average Bonchev–Trinajstić information content (AvgIpc) is 2.73. The summed E-state index contributed by atoms with van der Waals surface area (Å²) in [5.41, 5.74) is 0. The number of likely N-dealkylation sites (tertiary alicyclic amines) is 1. The number of methoxy groups -OCH3 is 1. The Morgan fingerprint density at radius 3 is 3.00 bits per heavy atom. The van der Waals surface area contributed by atoms with Gasteiger partial charge in [0.15, 0.2) is 0 Å². The van der Waals surface area contributed by atoms with Gasteiger partial charge in [-0.05, 0) is 18.8 Å². The van der Waals surface area contributed by atoms with Crippen LogP contribution in [-0.2, 0) is 14.2 Å². The molecule has 6 atom stereocenters. The van der Waals surface area contributed by atoms with E-state index in [-0.39, 0.29) is 18.3 Å². The minimum atomic E-state index is 0.178. The zero-order valence-electron chi connectivity index (χ0n) is 10.1. The molecule has 2 heterocycles. The molecule has 0 aromatic rings. The van der Waals surface area contributed by atoms with Gasteiger partial charge in [0.2, 0.25) is 0 Å². The third kappa shape index (κ3) is 1.68. The van der Waals surface area contributed by atoms with Crippen molar-refractivity contribution < 1.29 is 19.1 Å². The molecule has 0 aromatic heterocycles. The van der Waals surface area contributed by atoms with Gasteiger partial charge in [0.05, 0.1) is 32.3 Å². The predicted octanol–water partition coefficient (Wildman–Crippen LogP) is -0.703. The number of nitrogens with one attached hydrogen (secondary N) is 1. The molecule has 0 spiro atoms. The van der Waals surface area contributed by atoms with Gasteiger partial charge in [0, 0.05) is 13.0 Å². The third-order valence-corrected chi connectivity index (χ3v) is 4.59. The normalized spacial score (nSPS) is 52.1. The van der Waals surface area contributed by atoms with E-state index >= 15 is 0 Å². The smallest absolute Gasteiger partial charge is 0.147 e. The van der Waals surface area contributed by atoms with Crippen LogP contribution in [0.4, 0.5) is 0 Å². The van der Waals surface area contributed by atoms with E-state index in [1.165, 1.54) is 25.9 Å². The van der Waals surface area contributed by atoms with Crippen LogP contribution in [0.5, 0.6) is 0 Å². The van der Waals surface area contributed by atoms with Gasteiger partial charge in [-0.25, -0.2) is 0 Å². The van der Waals surface area contributed by atoms with Gasteiger partial charge < -0.3 is 19.1 Å². The highest BCUT2D eigenvalue weighted by Gasteiger charge is 2.51. The zero-order chi connectivity index (χ0) is 11.1. The summed E-state index contributed by atoms with van der Waals surface area (Å²) in [6.07, 6.45) is 3.18. The van der Waals surface area contributed by atoms with Crippen LogP contribution in [0.3, 0.4) is 0 Å². The van der Waals surface area contributed by atoms with Crippen molar-refractivity contribution in [3.63, 3.8) is 0 Å². The Morgan fingerprint density at radius 2 is 2.19 bits per heavy atom. The molecule has 0 bridgehead atoms. The summed E-state index contributed by atoms with van der Waals surface area (Å²) in [6.45, 7) is 2.96. The molecule has 0 aromatic carbocycles. The molecular formula is C12H22NO3+. The minimum Gasteiger partial charge on any atom is -0.378 e. The Kier molecular flexibility index (Phi) is 2.92. The summed E-state index contributed by atoms with van der Waals surface area (Å²) in [4.78, 5) is 1.63. The Hall–Kier alpha value is -0.160. The van der Waals surface area contributed by atoms with E-state index in [1.807, 2.05) is 7.11 Å². The summed E-state index contributed by atoms with van der Waals surface area (Å²) < 4.78 is 17.0. The largest absolute Gasteiger partial charge is 0.378 e. The lowest BCUT2D eigenvalue weighted by Crippen LogP contribution is -3.11. The third-order valence-electron chi connectivity index (χ3n) is 4.59. The number of ether oxygens (including phenoxy) is 3. The number of fused-ring (bicyclic) bond motifs is 2. The topological polar surface area (TPSA) is 32.1 Å². The lowest BCUT2D eigenvalue weighted by molar-refractivity contribution is -0.891. The van der Waals surface area contributed by atoms with E-state index in [0.717, 1.165) is 5.92 Å². The van der Waals surface area contributed by atoms with Crippen LogP contribution in [0, 0.1) is 11.8 Å². The molecule has 6 unspecified atom stereocenters. The molecule has 4 heteroatoms. The highest BCUT2D eigenvalue weighted by atomic mass is 16.7. The lowest BCUT2D eigenvalue weighted by Gasteiger charge is -2.45. The van der Waals surface area contributed by atoms with E-state index < -0.39 is 0 Å². The lowest BCUT2D eigenvalue weighted by atomic mass is 9.71. The minimum absolute atomic E-state index is 0.178. The Morgan fingerprint density at radius 1 is 1.31 bits per heavy atom. The molecule has 0 amide bonds. The summed E-state index contributed by atoms with van der Waals surface area (Å²) in [5, 5.41) is 0. The molecule has 1 saturated carbocycles. The molecule has 1 aliphatic carbocycles. The fourth-order valence-corrected chi connectivity index (χ4v) is 3.76. The van der Waals surface area contributed by atoms with Crippen molar-refractivity contribution in [1.82, 2.24) is 0 Å². The molecular weight excluding hydrogens is 206 g/mol. The SMILES string of the molecule is COC1C2C[NH+](C)CCC2CC2OCOC21. The highest BCUT2D eigenvalue weighted by molar-refractivity contribution is 4.96. The number of hydrogen-bond donors (Lipinski definition) is 1. The first-order chi connectivity index (χ1) is 7.79. The van der Waals surface area contributed by atoms with Gasteiger partial charge in [-0.15, -0.1) is 0 Å². The fourth-order valence-electron chi connectivity index (χ4n) is 3.76. The van der Waals surface area contributed by atoms with Crippen LogP contribution >= 0.6 is 0 Å². The number of rotatable bonds is 1. The monoisotopic (exact) mass is 228 g/mol. The van der Waals surface area contributed by atoms with Crippen LogP contribution in [0.15, 0.2) is 0 Å². The van der Waals surface area contributed by atoms with Crippen molar-refractivity contribution in [3.8, 4) is 0 Å². The second-order valence-electron chi connectivity index (χ2n) is 5.51. The maximum absolute atomic E-state index is 5.70. The van der Waals surface area contributed by atoms with Crippen molar-refractivity contribution in [1.29, 1.82) is 0 Å². The first kappa shape index (κ1) is 11.0. The van der Waals surface area contributed by atoms with Gasteiger partial charge in [0.25, 0.3) is 0 Å². The van der Waals surface area contributed by atoms with Gasteiger partial charge >= 0.3 is 0 Å². The molecule has 3 aliphatic rings. The van der Waals surface area contributed by atoms with Crippen LogP contribution in [-0.4, -0.2) is 52.4 Å². The van der Waals surface area contributed by atoms with Crippen LogP contribution in [0.2, 0.25) is 0 Å². The highest BCUT2D eigenvalue weighted by Crippen LogP contribution is 2.39. The number of hydrogen-bond acceptors (Lipinski definition) is 3. The molecule has 1 N–H and O–H groups in total. The Bertz CT molecular complexity index is 261. The molecule has 3 rings (SSSR count). The Labute approximate surface area is 96.8 Å². The van der Waals surface area contributed by atoms with E-state index in [2.05, 4.69) is 7.05 Å². The van der Waals surface area contributed by atoms with Gasteiger partial charge in [-0.1, -0.05) is 0 Å². The summed E-state index contributed by atoms with van der Waals surface area (Å²) in [7, 11) is 4.09. The maximum Gasteiger partial charge on any atom is 0.147 e. The molecule has 92 valence electrons. The first-order valence-electron chi connectivity index (χ1n) is 6.37. The van der Waals surface area contributed by atoms with Crippen LogP contribution in [0.25, 0.3) is 0 Å². The van der Waals surface area contributed by atoms with Crippen LogP contribution in [0.1, 0.15) is 12.8 Å². The molecule has 0 radical (unpaired) electrons. The van der Waals surface area contributed by atoms with E-state index in [1.54, 1.807) is 4.90 Å². The molecule has 16 heavy (non-hydrogen) atoms. The zero-order valence-corrected chi connectivity index (χ0v) is 10.1. The van der Waals surface area contributed by atoms with Crippen LogP contribution < -0.4 is 4.90 Å². The predicted molar refractivity (Wildman–Crippen MR) is 58.2 cm³/mol. The van der Waals surface area contributed by atoms with Gasteiger partial charge in [-0.3, -0.25) is 0 Å². The Balaban J connectivity index is 1.80. The average molecular weight is 228 g/mol. The van der Waals surface area contributed by atoms with Crippen molar-refractivity contribution >= 4 is 0 Å².